The van der Waals surface area contributed by atoms with Crippen LogP contribution in [0, 0.1) is 5.41 Å². The maximum absolute atomic E-state index is 11.9. The molecule has 0 fully saturated rings. The molecule has 0 saturated carbocycles. The van der Waals surface area contributed by atoms with Crippen LogP contribution in [0.4, 0.5) is 4.79 Å². The molecule has 7 heteroatoms. The number of oxime groups is 1. The molecule has 0 aliphatic carbocycles. The molecule has 0 rings (SSSR count). The van der Waals surface area contributed by atoms with E-state index in [1.54, 1.807) is 29.6 Å². The highest BCUT2D eigenvalue weighted by atomic mass is 33.1. The van der Waals surface area contributed by atoms with Gasteiger partial charge in [0.15, 0.2) is 0 Å². The highest BCUT2D eigenvalue weighted by Crippen LogP contribution is 2.36. The topological polar surface area (TPSA) is 41.9 Å². The Labute approximate surface area is 135 Å². The summed E-state index contributed by atoms with van der Waals surface area (Å²) in [5.41, 5.74) is 0.773. The van der Waals surface area contributed by atoms with Gasteiger partial charge < -0.3 is 0 Å². The molecule has 0 radical (unpaired) electrons. The predicted molar refractivity (Wildman–Crippen MR) is 94.5 cm³/mol. The van der Waals surface area contributed by atoms with Crippen LogP contribution >= 0.6 is 33.5 Å². The zero-order valence-corrected chi connectivity index (χ0v) is 16.1. The Morgan fingerprint density at radius 1 is 1.20 bits per heavy atom. The lowest BCUT2D eigenvalue weighted by molar-refractivity contribution is 0.136. The maximum Gasteiger partial charge on any atom is 0.446 e. The first kappa shape index (κ1) is 20.0. The van der Waals surface area contributed by atoms with Crippen LogP contribution in [-0.2, 0) is 4.84 Å². The molecule has 0 saturated heterocycles. The standard InChI is InChI=1S/C13H26N2O2S3/c1-12(2,3)10(9-18-8)14-17-11(16)15(7)20-19-13(4,5)6/h9H2,1-8H3. The minimum absolute atomic E-state index is 0.0812. The van der Waals surface area contributed by atoms with Crippen LogP contribution in [0.15, 0.2) is 5.16 Å². The van der Waals surface area contributed by atoms with Gasteiger partial charge in [0.25, 0.3) is 0 Å². The van der Waals surface area contributed by atoms with Crippen molar-refractivity contribution in [1.29, 1.82) is 0 Å². The molecule has 0 heterocycles. The zero-order valence-electron chi connectivity index (χ0n) is 13.6. The van der Waals surface area contributed by atoms with Gasteiger partial charge in [0.1, 0.15) is 0 Å². The fraction of sp³-hybridized carbons (Fsp3) is 0.846. The molecule has 0 N–H and O–H groups in total. The van der Waals surface area contributed by atoms with Crippen molar-refractivity contribution in [3.63, 3.8) is 0 Å². The number of amides is 1. The third-order valence-electron chi connectivity index (χ3n) is 2.04. The quantitative estimate of drug-likeness (QED) is 0.234. The minimum Gasteiger partial charge on any atom is -0.297 e. The summed E-state index contributed by atoms with van der Waals surface area (Å²) in [6.07, 6.45) is 1.56. The van der Waals surface area contributed by atoms with Crippen LogP contribution in [0.3, 0.4) is 0 Å². The molecule has 20 heavy (non-hydrogen) atoms. The van der Waals surface area contributed by atoms with Gasteiger partial charge in [-0.3, -0.25) is 4.84 Å². The zero-order chi connectivity index (χ0) is 16.0. The average molecular weight is 339 g/mol. The summed E-state index contributed by atoms with van der Waals surface area (Å²) in [5.74, 6) is 0.754. The van der Waals surface area contributed by atoms with E-state index >= 15 is 0 Å². The first-order valence-electron chi connectivity index (χ1n) is 6.34. The van der Waals surface area contributed by atoms with E-state index in [-0.39, 0.29) is 10.2 Å². The van der Waals surface area contributed by atoms with Crippen molar-refractivity contribution in [2.24, 2.45) is 10.6 Å². The summed E-state index contributed by atoms with van der Waals surface area (Å²) in [7, 11) is 4.66. The van der Waals surface area contributed by atoms with Gasteiger partial charge in [-0.1, -0.05) is 57.5 Å². The van der Waals surface area contributed by atoms with E-state index in [0.29, 0.717) is 0 Å². The number of thioether (sulfide) groups is 1. The molecule has 0 spiro atoms. The number of carbonyl (C=O) groups is 1. The van der Waals surface area contributed by atoms with E-state index in [0.717, 1.165) is 11.5 Å². The lowest BCUT2D eigenvalue weighted by Crippen LogP contribution is -2.25. The second-order valence-electron chi connectivity index (χ2n) is 6.35. The first-order valence-corrected chi connectivity index (χ1v) is 9.84. The molecule has 0 aromatic rings. The Balaban J connectivity index is 4.50. The molecule has 1 amide bonds. The predicted octanol–water partition coefficient (Wildman–Crippen LogP) is 4.91. The summed E-state index contributed by atoms with van der Waals surface area (Å²) in [5, 5.41) is 4.03. The van der Waals surface area contributed by atoms with Crippen LogP contribution < -0.4 is 0 Å². The fourth-order valence-corrected chi connectivity index (χ4v) is 3.24. The van der Waals surface area contributed by atoms with Gasteiger partial charge in [-0.25, -0.2) is 9.10 Å². The third-order valence-corrected chi connectivity index (χ3v) is 5.94. The summed E-state index contributed by atoms with van der Waals surface area (Å²) in [6.45, 7) is 12.5. The molecule has 0 aliphatic heterocycles. The van der Waals surface area contributed by atoms with E-state index in [1.807, 2.05) is 6.26 Å². The smallest absolute Gasteiger partial charge is 0.297 e. The Bertz CT molecular complexity index is 347. The van der Waals surface area contributed by atoms with Gasteiger partial charge in [-0.15, -0.1) is 0 Å². The largest absolute Gasteiger partial charge is 0.446 e. The molecule has 118 valence electrons. The summed E-state index contributed by atoms with van der Waals surface area (Å²) in [4.78, 5) is 16.9. The van der Waals surface area contributed by atoms with Gasteiger partial charge in [-0.05, 0) is 6.26 Å². The van der Waals surface area contributed by atoms with E-state index in [1.165, 1.54) is 15.3 Å². The molecule has 0 aromatic carbocycles. The van der Waals surface area contributed by atoms with Gasteiger partial charge in [0, 0.05) is 33.9 Å². The molecule has 0 bridgehead atoms. The SMILES string of the molecule is CSCC(=NOC(=O)N(C)SSC(C)(C)C)C(C)(C)C. The van der Waals surface area contributed by atoms with E-state index < -0.39 is 6.09 Å². The van der Waals surface area contributed by atoms with Crippen molar-refractivity contribution in [2.75, 3.05) is 19.1 Å². The molecule has 0 aromatic heterocycles. The second kappa shape index (κ2) is 8.44. The van der Waals surface area contributed by atoms with Crippen LogP contribution in [0.1, 0.15) is 41.5 Å². The van der Waals surface area contributed by atoms with Crippen LogP contribution in [0.25, 0.3) is 0 Å². The average Bonchev–Trinajstić information content (AvgIpc) is 2.28. The summed E-state index contributed by atoms with van der Waals surface area (Å²) >= 11 is 1.67. The Hall–Kier alpha value is -0.0100. The highest BCUT2D eigenvalue weighted by molar-refractivity contribution is 8.76. The van der Waals surface area contributed by atoms with Crippen molar-refractivity contribution in [3.05, 3.63) is 0 Å². The lowest BCUT2D eigenvalue weighted by atomic mass is 9.91. The van der Waals surface area contributed by atoms with Crippen molar-refractivity contribution in [2.45, 2.75) is 46.3 Å². The molecular formula is C13H26N2O2S3. The second-order valence-corrected chi connectivity index (χ2v) is 10.2. The number of rotatable bonds is 5. The monoisotopic (exact) mass is 338 g/mol. The maximum atomic E-state index is 11.9. The van der Waals surface area contributed by atoms with Crippen molar-refractivity contribution in [3.8, 4) is 0 Å². The van der Waals surface area contributed by atoms with E-state index in [9.17, 15) is 4.79 Å². The molecule has 0 unspecified atom stereocenters. The van der Waals surface area contributed by atoms with Crippen LogP contribution in [0.2, 0.25) is 0 Å². The van der Waals surface area contributed by atoms with Gasteiger partial charge in [0.05, 0.1) is 5.71 Å². The number of nitrogens with zero attached hydrogens (tertiary/aromatic N) is 2. The van der Waals surface area contributed by atoms with Crippen molar-refractivity contribution >= 4 is 45.3 Å². The Morgan fingerprint density at radius 2 is 1.75 bits per heavy atom. The summed E-state index contributed by atoms with van der Waals surface area (Å²) < 4.78 is 1.54. The summed E-state index contributed by atoms with van der Waals surface area (Å²) in [6, 6.07) is 0. The van der Waals surface area contributed by atoms with Crippen LogP contribution in [0.5, 0.6) is 0 Å². The normalized spacial score (nSPS) is 13.3. The molecule has 4 nitrogen and oxygen atoms in total. The molecular weight excluding hydrogens is 312 g/mol. The molecule has 0 aliphatic rings. The minimum atomic E-state index is -0.449. The number of carbonyl (C=O) groups excluding carboxylic acids is 1. The van der Waals surface area contributed by atoms with Gasteiger partial charge >= 0.3 is 6.09 Å². The highest BCUT2D eigenvalue weighted by Gasteiger charge is 2.21. The van der Waals surface area contributed by atoms with Gasteiger partial charge in [-0.2, -0.15) is 11.8 Å². The Morgan fingerprint density at radius 3 is 2.15 bits per heavy atom. The van der Waals surface area contributed by atoms with Gasteiger partial charge in [0.2, 0.25) is 0 Å². The molecule has 0 atom stereocenters. The first-order chi connectivity index (χ1) is 8.97. The van der Waals surface area contributed by atoms with E-state index in [4.69, 9.17) is 4.84 Å². The number of hydrogen-bond acceptors (Lipinski definition) is 6. The third kappa shape index (κ3) is 9.02. The number of hydrogen-bond donors (Lipinski definition) is 0. The van der Waals surface area contributed by atoms with E-state index in [2.05, 4.69) is 46.7 Å². The van der Waals surface area contributed by atoms with Crippen molar-refractivity contribution < 1.29 is 9.63 Å². The lowest BCUT2D eigenvalue weighted by Gasteiger charge is -2.22. The fourth-order valence-electron chi connectivity index (χ4n) is 0.866. The Kier molecular flexibility index (Phi) is 8.43. The van der Waals surface area contributed by atoms with Crippen LogP contribution in [-0.4, -0.2) is 39.9 Å². The van der Waals surface area contributed by atoms with Crippen molar-refractivity contribution in [1.82, 2.24) is 4.31 Å².